The molecule has 0 saturated carbocycles. The zero-order chi connectivity index (χ0) is 23.4. The maximum atomic E-state index is 11.6. The minimum Gasteiger partial charge on any atom is -0.550 e. The topological polar surface area (TPSA) is 127 Å². The van der Waals surface area contributed by atoms with E-state index in [0.717, 1.165) is 19.3 Å². The number of esters is 1. The van der Waals surface area contributed by atoms with Crippen molar-refractivity contribution in [2.45, 2.75) is 128 Å². The first-order chi connectivity index (χ1) is 14.8. The summed E-state index contributed by atoms with van der Waals surface area (Å²) >= 11 is 0. The summed E-state index contributed by atoms with van der Waals surface area (Å²) in [4.78, 5) is 33.0. The average molecular weight is 443 g/mol. The van der Waals surface area contributed by atoms with Gasteiger partial charge in [-0.15, -0.1) is 0 Å². The molecule has 0 aromatic rings. The Morgan fingerprint density at radius 1 is 0.677 bits per heavy atom. The predicted molar refractivity (Wildman–Crippen MR) is 115 cm³/mol. The Kier molecular flexibility index (Phi) is 18.1. The molecule has 182 valence electrons. The van der Waals surface area contributed by atoms with Gasteiger partial charge in [0.25, 0.3) is 0 Å². The SMILES string of the molecule is CCCCCCCCCCCCCCCCCCOC(=O)CC(O)(CC(=O)[O-])C(=O)[O-]. The highest BCUT2D eigenvalue weighted by atomic mass is 16.5. The summed E-state index contributed by atoms with van der Waals surface area (Å²) in [5, 5.41) is 31.1. The monoisotopic (exact) mass is 442 g/mol. The third kappa shape index (κ3) is 17.7. The molecule has 7 nitrogen and oxygen atoms in total. The van der Waals surface area contributed by atoms with Crippen LogP contribution >= 0.6 is 0 Å². The summed E-state index contributed by atoms with van der Waals surface area (Å²) in [6.07, 6.45) is 17.5. The number of carboxylic acid groups (broad SMARTS) is 2. The van der Waals surface area contributed by atoms with Gasteiger partial charge in [-0.3, -0.25) is 4.79 Å². The minimum atomic E-state index is -2.80. The second-order valence-electron chi connectivity index (χ2n) is 8.57. The van der Waals surface area contributed by atoms with Crippen molar-refractivity contribution in [3.05, 3.63) is 0 Å². The second-order valence-corrected chi connectivity index (χ2v) is 8.57. The van der Waals surface area contributed by atoms with E-state index in [2.05, 4.69) is 6.92 Å². The lowest BCUT2D eigenvalue weighted by atomic mass is 9.96. The van der Waals surface area contributed by atoms with E-state index < -0.39 is 36.4 Å². The number of aliphatic hydroxyl groups is 1. The molecule has 0 saturated heterocycles. The Morgan fingerprint density at radius 2 is 1.06 bits per heavy atom. The Hall–Kier alpha value is -1.63. The highest BCUT2D eigenvalue weighted by Crippen LogP contribution is 2.16. The molecule has 0 aromatic carbocycles. The maximum absolute atomic E-state index is 11.6. The molecule has 0 heterocycles. The first kappa shape index (κ1) is 29.4. The third-order valence-corrected chi connectivity index (χ3v) is 5.51. The molecule has 31 heavy (non-hydrogen) atoms. The molecule has 1 unspecified atom stereocenters. The molecule has 1 atom stereocenters. The lowest BCUT2D eigenvalue weighted by Crippen LogP contribution is -2.52. The molecule has 0 aliphatic carbocycles. The molecular weight excluding hydrogens is 400 g/mol. The fourth-order valence-electron chi connectivity index (χ4n) is 3.57. The molecule has 0 spiro atoms. The van der Waals surface area contributed by atoms with E-state index >= 15 is 0 Å². The molecular formula is C24H42O7-2. The van der Waals surface area contributed by atoms with Crippen molar-refractivity contribution in [1.82, 2.24) is 0 Å². The van der Waals surface area contributed by atoms with Crippen LogP contribution < -0.4 is 10.2 Å². The number of hydrogen-bond donors (Lipinski definition) is 1. The van der Waals surface area contributed by atoms with Gasteiger partial charge in [0.05, 0.1) is 19.0 Å². The molecule has 1 N–H and O–H groups in total. The van der Waals surface area contributed by atoms with E-state index in [9.17, 15) is 29.7 Å². The zero-order valence-corrected chi connectivity index (χ0v) is 19.3. The highest BCUT2D eigenvalue weighted by Gasteiger charge is 2.32. The largest absolute Gasteiger partial charge is 0.550 e. The van der Waals surface area contributed by atoms with Crippen molar-refractivity contribution in [3.63, 3.8) is 0 Å². The van der Waals surface area contributed by atoms with Crippen molar-refractivity contribution >= 4 is 17.9 Å². The Morgan fingerprint density at radius 3 is 1.42 bits per heavy atom. The van der Waals surface area contributed by atoms with E-state index in [0.29, 0.717) is 6.42 Å². The Balaban J connectivity index is 3.49. The molecule has 0 amide bonds. The molecule has 0 aromatic heterocycles. The number of rotatable bonds is 22. The highest BCUT2D eigenvalue weighted by molar-refractivity contribution is 5.87. The molecule has 7 heteroatoms. The predicted octanol–water partition coefficient (Wildman–Crippen LogP) is 2.80. The van der Waals surface area contributed by atoms with Crippen LogP contribution in [0.15, 0.2) is 0 Å². The lowest BCUT2D eigenvalue weighted by Gasteiger charge is -2.28. The normalized spacial score (nSPS) is 13.0. The van der Waals surface area contributed by atoms with E-state index in [-0.39, 0.29) is 6.61 Å². The minimum absolute atomic E-state index is 0.117. The molecule has 0 fully saturated rings. The number of carboxylic acids is 2. The summed E-state index contributed by atoms with van der Waals surface area (Å²) in [5.74, 6) is -4.78. The van der Waals surface area contributed by atoms with Crippen LogP contribution in [0.2, 0.25) is 0 Å². The quantitative estimate of drug-likeness (QED) is 0.202. The zero-order valence-electron chi connectivity index (χ0n) is 19.3. The van der Waals surface area contributed by atoms with Gasteiger partial charge in [-0.05, 0) is 6.42 Å². The van der Waals surface area contributed by atoms with Crippen LogP contribution in [-0.4, -0.2) is 35.2 Å². The van der Waals surface area contributed by atoms with Gasteiger partial charge in [0.2, 0.25) is 0 Å². The summed E-state index contributed by atoms with van der Waals surface area (Å²) in [5.41, 5.74) is -2.80. The number of unbranched alkanes of at least 4 members (excludes halogenated alkanes) is 15. The summed E-state index contributed by atoms with van der Waals surface area (Å²) < 4.78 is 4.89. The summed E-state index contributed by atoms with van der Waals surface area (Å²) in [6, 6.07) is 0. The van der Waals surface area contributed by atoms with Crippen LogP contribution in [0.5, 0.6) is 0 Å². The number of ether oxygens (including phenoxy) is 1. The van der Waals surface area contributed by atoms with Crippen LogP contribution in [0.1, 0.15) is 122 Å². The van der Waals surface area contributed by atoms with E-state index in [1.54, 1.807) is 0 Å². The maximum Gasteiger partial charge on any atom is 0.309 e. The molecule has 0 aliphatic rings. The van der Waals surface area contributed by atoms with Crippen molar-refractivity contribution in [2.24, 2.45) is 0 Å². The average Bonchev–Trinajstić information content (AvgIpc) is 2.69. The van der Waals surface area contributed by atoms with E-state index in [1.165, 1.54) is 77.0 Å². The number of carbonyl (C=O) groups is 3. The van der Waals surface area contributed by atoms with Gasteiger partial charge in [-0.1, -0.05) is 103 Å². The first-order valence-electron chi connectivity index (χ1n) is 12.1. The third-order valence-electron chi connectivity index (χ3n) is 5.51. The first-order valence-corrected chi connectivity index (χ1v) is 12.1. The second kappa shape index (κ2) is 19.1. The fourth-order valence-corrected chi connectivity index (χ4v) is 3.57. The summed E-state index contributed by atoms with van der Waals surface area (Å²) in [7, 11) is 0. The van der Waals surface area contributed by atoms with Crippen LogP contribution in [0.4, 0.5) is 0 Å². The molecule has 0 aliphatic heterocycles. The van der Waals surface area contributed by atoms with Gasteiger partial charge in [0, 0.05) is 12.4 Å². The van der Waals surface area contributed by atoms with Crippen LogP contribution in [0.25, 0.3) is 0 Å². The van der Waals surface area contributed by atoms with Gasteiger partial charge in [0.15, 0.2) is 0 Å². The Bertz CT molecular complexity index is 492. The van der Waals surface area contributed by atoms with Gasteiger partial charge in [-0.25, -0.2) is 0 Å². The summed E-state index contributed by atoms with van der Waals surface area (Å²) in [6.45, 7) is 2.36. The standard InChI is InChI=1S/C24H44O7/c1-2-3-4-5-6-7-8-9-10-11-12-13-14-15-16-17-18-31-22(27)20-24(30,23(28)29)19-21(25)26/h30H,2-20H2,1H3,(H,25,26)(H,28,29)/p-2. The molecule has 0 bridgehead atoms. The van der Waals surface area contributed by atoms with Gasteiger partial charge >= 0.3 is 5.97 Å². The van der Waals surface area contributed by atoms with Crippen LogP contribution in [-0.2, 0) is 19.1 Å². The number of aliphatic carboxylic acids is 2. The lowest BCUT2D eigenvalue weighted by molar-refractivity contribution is -0.333. The van der Waals surface area contributed by atoms with Crippen molar-refractivity contribution in [2.75, 3.05) is 6.61 Å². The smallest absolute Gasteiger partial charge is 0.309 e. The number of hydrogen-bond acceptors (Lipinski definition) is 7. The van der Waals surface area contributed by atoms with Gasteiger partial charge in [-0.2, -0.15) is 0 Å². The van der Waals surface area contributed by atoms with Crippen molar-refractivity contribution in [3.8, 4) is 0 Å². The van der Waals surface area contributed by atoms with Gasteiger partial charge < -0.3 is 29.6 Å². The van der Waals surface area contributed by atoms with Crippen molar-refractivity contribution in [1.29, 1.82) is 0 Å². The van der Waals surface area contributed by atoms with Crippen molar-refractivity contribution < 1.29 is 34.4 Å². The van der Waals surface area contributed by atoms with Gasteiger partial charge in [0.1, 0.15) is 5.60 Å². The molecule has 0 rings (SSSR count). The number of carbonyl (C=O) groups excluding carboxylic acids is 3. The van der Waals surface area contributed by atoms with Crippen LogP contribution in [0, 0.1) is 0 Å². The fraction of sp³-hybridized carbons (Fsp3) is 0.875. The molecule has 0 radical (unpaired) electrons. The van der Waals surface area contributed by atoms with E-state index in [4.69, 9.17) is 4.74 Å². The van der Waals surface area contributed by atoms with E-state index in [1.807, 2.05) is 0 Å². The Labute approximate surface area is 187 Å². The van der Waals surface area contributed by atoms with Crippen LogP contribution in [0.3, 0.4) is 0 Å².